The van der Waals surface area contributed by atoms with E-state index in [2.05, 4.69) is 11.3 Å². The predicted octanol–water partition coefficient (Wildman–Crippen LogP) is -4.59. The second-order valence-electron chi connectivity index (χ2n) is 8.74. The fourth-order valence-electron chi connectivity index (χ4n) is 3.76. The van der Waals surface area contributed by atoms with Crippen LogP contribution < -0.4 is 34.1 Å². The third-order valence-corrected chi connectivity index (χ3v) is 5.73. The lowest BCUT2D eigenvalue weighted by molar-refractivity contribution is -0.144. The average molecular weight is 585 g/mol. The maximum absolute atomic E-state index is 12.9. The van der Waals surface area contributed by atoms with Crippen molar-refractivity contribution in [3.63, 3.8) is 0 Å². The van der Waals surface area contributed by atoms with E-state index in [-0.39, 0.29) is 19.5 Å². The Morgan fingerprint density at radius 3 is 1.39 bits per heavy atom. The molecule has 0 aliphatic heterocycles. The summed E-state index contributed by atoms with van der Waals surface area (Å²) in [5, 5.41) is 18.3. The van der Waals surface area contributed by atoms with Crippen LogP contribution in [-0.2, 0) is 58.3 Å². The van der Waals surface area contributed by atoms with Gasteiger partial charge >= 0.3 is 46.1 Å². The molecule has 0 saturated heterocycles. The van der Waals surface area contributed by atoms with Gasteiger partial charge in [0.25, 0.3) is 0 Å². The van der Waals surface area contributed by atoms with E-state index in [1.807, 2.05) is 0 Å². The van der Waals surface area contributed by atoms with Gasteiger partial charge in [-0.15, -0.1) is 0 Å². The second-order valence-corrected chi connectivity index (χ2v) is 8.74. The van der Waals surface area contributed by atoms with Gasteiger partial charge in [0.05, 0.1) is 59.3 Å². The van der Waals surface area contributed by atoms with E-state index in [1.165, 1.54) is 0 Å². The maximum atomic E-state index is 12.9. The van der Waals surface area contributed by atoms with Crippen molar-refractivity contribution in [2.45, 2.75) is 59.0 Å². The van der Waals surface area contributed by atoms with Gasteiger partial charge in [-0.3, -0.25) is 9.59 Å². The van der Waals surface area contributed by atoms with Crippen LogP contribution in [0.2, 0.25) is 0 Å². The topological polar surface area (TPSA) is 225 Å². The first-order valence-electron chi connectivity index (χ1n) is 12.4. The largest absolute Gasteiger partial charge is 0.469 e. The molecule has 0 radical (unpaired) electrons. The smallest absolute Gasteiger partial charge is 0.336 e. The maximum Gasteiger partial charge on any atom is 0.336 e. The molecule has 0 unspecified atom stereocenters. The molecular formula is C23H32N6O12. The molecule has 2 aromatic rings. The van der Waals surface area contributed by atoms with Gasteiger partial charge in [-0.2, -0.15) is 0 Å². The van der Waals surface area contributed by atoms with Crippen LogP contribution >= 0.6 is 0 Å². The van der Waals surface area contributed by atoms with E-state index in [0.717, 1.165) is 11.7 Å². The first-order valence-corrected chi connectivity index (χ1v) is 12.4. The minimum absolute atomic E-state index is 0.221. The van der Waals surface area contributed by atoms with Crippen molar-refractivity contribution in [2.75, 3.05) is 26.9 Å². The Morgan fingerprint density at radius 1 is 0.634 bits per heavy atom. The molecule has 226 valence electrons. The van der Waals surface area contributed by atoms with Gasteiger partial charge in [-0.25, -0.2) is 56.2 Å². The zero-order chi connectivity index (χ0) is 30.9. The predicted molar refractivity (Wildman–Crippen MR) is 140 cm³/mol. The van der Waals surface area contributed by atoms with Gasteiger partial charge in [-0.1, -0.05) is 12.2 Å². The Labute approximate surface area is 230 Å². The fourth-order valence-corrected chi connectivity index (χ4v) is 3.76. The first kappa shape index (κ1) is 32.6. The lowest BCUT2D eigenvalue weighted by Crippen LogP contribution is -2.55. The van der Waals surface area contributed by atoms with Gasteiger partial charge < -0.3 is 19.7 Å². The third-order valence-electron chi connectivity index (χ3n) is 5.73. The fraction of sp³-hybridized carbons (Fsp3) is 0.565. The highest BCUT2D eigenvalue weighted by molar-refractivity contribution is 5.69. The van der Waals surface area contributed by atoms with Crippen LogP contribution in [0.5, 0.6) is 0 Å². The first-order chi connectivity index (χ1) is 19.4. The third kappa shape index (κ3) is 7.76. The Balaban J connectivity index is 2.25. The summed E-state index contributed by atoms with van der Waals surface area (Å²) >= 11 is 0. The van der Waals surface area contributed by atoms with E-state index < -0.39 is 98.5 Å². The molecule has 0 amide bonds. The monoisotopic (exact) mass is 584 g/mol. The molecule has 41 heavy (non-hydrogen) atoms. The van der Waals surface area contributed by atoms with Crippen molar-refractivity contribution >= 4 is 11.9 Å². The molecule has 2 N–H and O–H groups in total. The number of aliphatic hydroxyl groups is 2. The summed E-state index contributed by atoms with van der Waals surface area (Å²) in [6.45, 7) is 1.11. The minimum atomic E-state index is -1.06. The van der Waals surface area contributed by atoms with Gasteiger partial charge in [0.1, 0.15) is 6.61 Å². The number of methoxy groups -OCH3 is 1. The average Bonchev–Trinajstić information content (AvgIpc) is 2.92. The van der Waals surface area contributed by atoms with E-state index in [1.54, 1.807) is 6.92 Å². The van der Waals surface area contributed by atoms with Crippen molar-refractivity contribution in [1.29, 1.82) is 0 Å². The van der Waals surface area contributed by atoms with Crippen molar-refractivity contribution in [1.82, 2.24) is 27.4 Å². The zero-order valence-corrected chi connectivity index (χ0v) is 22.6. The number of rotatable bonds is 15. The number of carbonyl (C=O) groups excluding carboxylic acids is 2. The quantitative estimate of drug-likeness (QED) is 0.149. The van der Waals surface area contributed by atoms with Crippen LogP contribution in [0.1, 0.15) is 19.8 Å². The molecule has 0 fully saturated rings. The summed E-state index contributed by atoms with van der Waals surface area (Å²) in [7, 11) is 1.13. The molecule has 18 nitrogen and oxygen atoms in total. The van der Waals surface area contributed by atoms with Crippen LogP contribution in [0.4, 0.5) is 0 Å². The number of carbonyl (C=O) groups is 2. The van der Waals surface area contributed by atoms with Crippen LogP contribution in [0.25, 0.3) is 0 Å². The number of esters is 2. The highest BCUT2D eigenvalue weighted by Crippen LogP contribution is 1.93. The van der Waals surface area contributed by atoms with Crippen molar-refractivity contribution in [3.8, 4) is 0 Å². The normalized spacial score (nSPS) is 10.9. The molecule has 0 bridgehead atoms. The SMILES string of the molecule is C=C(C)Cn1c(=O)n(CCC(=O)OC)c(=O)n(CCC(=O)OCCn2c(=O)n(CCO)c(=O)n(CCO)c2=O)c1=O. The number of hydrogen-bond donors (Lipinski definition) is 2. The zero-order valence-electron chi connectivity index (χ0n) is 22.6. The molecule has 0 atom stereocenters. The summed E-state index contributed by atoms with van der Waals surface area (Å²) in [5.41, 5.74) is -5.75. The van der Waals surface area contributed by atoms with Crippen LogP contribution in [-0.4, -0.2) is 76.5 Å². The second kappa shape index (κ2) is 14.7. The Kier molecular flexibility index (Phi) is 11.7. The van der Waals surface area contributed by atoms with Gasteiger partial charge in [0.2, 0.25) is 0 Å². The van der Waals surface area contributed by atoms with Gasteiger partial charge in [0, 0.05) is 13.1 Å². The molecular weight excluding hydrogens is 552 g/mol. The molecule has 0 spiro atoms. The number of nitrogens with zero attached hydrogens (tertiary/aromatic N) is 6. The molecule has 2 heterocycles. The summed E-state index contributed by atoms with van der Waals surface area (Å²) in [4.78, 5) is 99.8. The molecule has 0 aliphatic rings. The lowest BCUT2D eigenvalue weighted by Gasteiger charge is -2.14. The van der Waals surface area contributed by atoms with Crippen molar-refractivity contribution in [3.05, 3.63) is 75.1 Å². The minimum Gasteiger partial charge on any atom is -0.469 e. The molecule has 0 saturated carbocycles. The van der Waals surface area contributed by atoms with E-state index in [4.69, 9.17) is 14.9 Å². The molecule has 0 aliphatic carbocycles. The van der Waals surface area contributed by atoms with Crippen molar-refractivity contribution in [2.24, 2.45) is 0 Å². The highest BCUT2D eigenvalue weighted by atomic mass is 16.5. The summed E-state index contributed by atoms with van der Waals surface area (Å²) in [6, 6.07) is 0. The summed E-state index contributed by atoms with van der Waals surface area (Å²) in [6.07, 6.45) is -0.852. The number of allylic oxidation sites excluding steroid dienone is 1. The number of aliphatic hydroxyl groups excluding tert-OH is 2. The molecule has 18 heteroatoms. The van der Waals surface area contributed by atoms with Gasteiger partial charge in [0.15, 0.2) is 0 Å². The van der Waals surface area contributed by atoms with E-state index >= 15 is 0 Å². The molecule has 0 aromatic carbocycles. The number of ether oxygens (including phenoxy) is 2. The Hall–Kier alpha value is -4.58. The lowest BCUT2D eigenvalue weighted by atomic mass is 10.3. The Morgan fingerprint density at radius 2 is 1.00 bits per heavy atom. The van der Waals surface area contributed by atoms with Crippen LogP contribution in [0, 0.1) is 0 Å². The van der Waals surface area contributed by atoms with Crippen molar-refractivity contribution < 1.29 is 29.3 Å². The van der Waals surface area contributed by atoms with Gasteiger partial charge in [-0.05, 0) is 6.92 Å². The van der Waals surface area contributed by atoms with E-state index in [9.17, 15) is 38.4 Å². The molecule has 2 rings (SSSR count). The summed E-state index contributed by atoms with van der Waals surface area (Å²) < 4.78 is 13.4. The number of hydrogen-bond acceptors (Lipinski definition) is 12. The summed E-state index contributed by atoms with van der Waals surface area (Å²) in [5.74, 6) is -1.62. The highest BCUT2D eigenvalue weighted by Gasteiger charge is 2.19. The standard InChI is InChI=1S/C23H32N6O12/c1-15(2)14-29-22(38)24(6-4-16(32)40-3)18(34)25(23(29)39)7-5-17(33)41-13-10-28-20(36)26(8-11-30)19(35)27(9-12-31)21(28)37/h30-31H,1,4-14H2,2-3H3. The van der Waals surface area contributed by atoms with E-state index in [0.29, 0.717) is 28.4 Å². The molecule has 2 aromatic heterocycles. The van der Waals surface area contributed by atoms with Crippen LogP contribution in [0.3, 0.4) is 0 Å². The Bertz CT molecular complexity index is 1610. The van der Waals surface area contributed by atoms with Crippen LogP contribution in [0.15, 0.2) is 40.9 Å². The number of aromatic nitrogens is 6.